The molecule has 0 heterocycles. The quantitative estimate of drug-likeness (QED) is 0.860. The largest absolute Gasteiger partial charge is 0.496 e. The second kappa shape index (κ2) is 7.17. The van der Waals surface area contributed by atoms with Crippen LogP contribution in [0.5, 0.6) is 11.5 Å². The van der Waals surface area contributed by atoms with Gasteiger partial charge in [0.2, 0.25) is 0 Å². The summed E-state index contributed by atoms with van der Waals surface area (Å²) >= 11 is 0. The molecule has 1 aliphatic carbocycles. The van der Waals surface area contributed by atoms with Crippen LogP contribution >= 0.6 is 0 Å². The Balaban J connectivity index is 2.15. The van der Waals surface area contributed by atoms with E-state index in [4.69, 9.17) is 9.47 Å². The molecular weight excluding hydrogens is 254 g/mol. The highest BCUT2D eigenvalue weighted by Crippen LogP contribution is 2.28. The first-order valence-electron chi connectivity index (χ1n) is 7.28. The molecular formula is C16H23NO3. The molecule has 1 saturated carbocycles. The van der Waals surface area contributed by atoms with Crippen molar-refractivity contribution in [1.82, 2.24) is 5.32 Å². The van der Waals surface area contributed by atoms with Crippen molar-refractivity contribution in [1.29, 1.82) is 0 Å². The highest BCUT2D eigenvalue weighted by Gasteiger charge is 2.21. The van der Waals surface area contributed by atoms with E-state index < -0.39 is 0 Å². The number of hydrogen-bond acceptors (Lipinski definition) is 3. The zero-order chi connectivity index (χ0) is 14.4. The summed E-state index contributed by atoms with van der Waals surface area (Å²) in [6.07, 6.45) is 7.03. The average Bonchev–Trinajstić information content (AvgIpc) is 2.74. The summed E-state index contributed by atoms with van der Waals surface area (Å²) in [6.45, 7) is 0. The Labute approximate surface area is 120 Å². The number of hydrogen-bond donors (Lipinski definition) is 1. The molecule has 1 aromatic carbocycles. The number of ether oxygens (including phenoxy) is 2. The lowest BCUT2D eigenvalue weighted by Gasteiger charge is -2.18. The van der Waals surface area contributed by atoms with E-state index in [0.717, 1.165) is 12.8 Å². The predicted molar refractivity (Wildman–Crippen MR) is 78.5 cm³/mol. The van der Waals surface area contributed by atoms with Crippen molar-refractivity contribution in [3.05, 3.63) is 23.8 Å². The molecule has 4 nitrogen and oxygen atoms in total. The van der Waals surface area contributed by atoms with Crippen LogP contribution in [0.15, 0.2) is 18.2 Å². The van der Waals surface area contributed by atoms with Crippen molar-refractivity contribution in [3.8, 4) is 11.5 Å². The maximum absolute atomic E-state index is 12.5. The first kappa shape index (κ1) is 14.7. The van der Waals surface area contributed by atoms with Crippen LogP contribution in [0.4, 0.5) is 0 Å². The lowest BCUT2D eigenvalue weighted by Crippen LogP contribution is -2.34. The SMILES string of the molecule is COc1cccc(OC)c1C(=O)NC1CCCCCC1. The lowest BCUT2D eigenvalue weighted by atomic mass is 10.1. The van der Waals surface area contributed by atoms with E-state index in [1.165, 1.54) is 25.7 Å². The molecule has 0 atom stereocenters. The Bertz CT molecular complexity index is 429. The molecule has 4 heteroatoms. The fraction of sp³-hybridized carbons (Fsp3) is 0.562. The molecule has 0 aromatic heterocycles. The number of carbonyl (C=O) groups excluding carboxylic acids is 1. The van der Waals surface area contributed by atoms with Crippen LogP contribution in [0.25, 0.3) is 0 Å². The zero-order valence-corrected chi connectivity index (χ0v) is 12.3. The van der Waals surface area contributed by atoms with E-state index in [9.17, 15) is 4.79 Å². The van der Waals surface area contributed by atoms with Crippen LogP contribution in [-0.4, -0.2) is 26.2 Å². The van der Waals surface area contributed by atoms with Gasteiger partial charge in [-0.15, -0.1) is 0 Å². The van der Waals surface area contributed by atoms with Gasteiger partial charge in [-0.25, -0.2) is 0 Å². The molecule has 110 valence electrons. The fourth-order valence-electron chi connectivity index (χ4n) is 2.76. The summed E-state index contributed by atoms with van der Waals surface area (Å²) < 4.78 is 10.6. The second-order valence-electron chi connectivity index (χ2n) is 5.20. The van der Waals surface area contributed by atoms with Crippen molar-refractivity contribution in [2.24, 2.45) is 0 Å². The van der Waals surface area contributed by atoms with Crippen LogP contribution in [0.1, 0.15) is 48.9 Å². The normalized spacial score (nSPS) is 16.3. The Hall–Kier alpha value is -1.71. The third kappa shape index (κ3) is 3.44. The maximum atomic E-state index is 12.5. The van der Waals surface area contributed by atoms with Crippen LogP contribution < -0.4 is 14.8 Å². The molecule has 1 aromatic rings. The fourth-order valence-corrected chi connectivity index (χ4v) is 2.76. The number of rotatable bonds is 4. The van der Waals surface area contributed by atoms with Gasteiger partial charge in [-0.05, 0) is 25.0 Å². The molecule has 0 unspecified atom stereocenters. The molecule has 1 amide bonds. The topological polar surface area (TPSA) is 47.6 Å². The van der Waals surface area contributed by atoms with E-state index in [-0.39, 0.29) is 11.9 Å². The Morgan fingerprint density at radius 1 is 1.05 bits per heavy atom. The molecule has 2 rings (SSSR count). The minimum absolute atomic E-state index is 0.105. The van der Waals surface area contributed by atoms with E-state index in [2.05, 4.69) is 5.32 Å². The van der Waals surface area contributed by atoms with E-state index >= 15 is 0 Å². The Kier molecular flexibility index (Phi) is 5.27. The molecule has 1 N–H and O–H groups in total. The van der Waals surface area contributed by atoms with Crippen LogP contribution in [0.2, 0.25) is 0 Å². The molecule has 1 fully saturated rings. The molecule has 0 spiro atoms. The number of amides is 1. The summed E-state index contributed by atoms with van der Waals surface area (Å²) in [6, 6.07) is 5.65. The predicted octanol–water partition coefficient (Wildman–Crippen LogP) is 3.16. The van der Waals surface area contributed by atoms with Gasteiger partial charge in [-0.2, -0.15) is 0 Å². The van der Waals surface area contributed by atoms with E-state index in [1.807, 2.05) is 6.07 Å². The van der Waals surface area contributed by atoms with Gasteiger partial charge in [0.1, 0.15) is 17.1 Å². The van der Waals surface area contributed by atoms with E-state index in [1.54, 1.807) is 26.4 Å². The van der Waals surface area contributed by atoms with Gasteiger partial charge in [0.25, 0.3) is 5.91 Å². The summed E-state index contributed by atoms with van der Waals surface area (Å²) in [4.78, 5) is 12.5. The summed E-state index contributed by atoms with van der Waals surface area (Å²) in [5.74, 6) is 0.997. The average molecular weight is 277 g/mol. The Morgan fingerprint density at radius 2 is 1.60 bits per heavy atom. The van der Waals surface area contributed by atoms with Crippen LogP contribution in [0.3, 0.4) is 0 Å². The van der Waals surface area contributed by atoms with Crippen LogP contribution in [0, 0.1) is 0 Å². The summed E-state index contributed by atoms with van der Waals surface area (Å²) in [5.41, 5.74) is 0.488. The minimum atomic E-state index is -0.105. The first-order valence-corrected chi connectivity index (χ1v) is 7.28. The van der Waals surface area contributed by atoms with Crippen molar-refractivity contribution >= 4 is 5.91 Å². The first-order chi connectivity index (χ1) is 9.76. The standard InChI is InChI=1S/C16H23NO3/c1-19-13-10-7-11-14(20-2)15(13)16(18)17-12-8-5-3-4-6-9-12/h7,10-12H,3-6,8-9H2,1-2H3,(H,17,18). The molecule has 0 radical (unpaired) electrons. The van der Waals surface area contributed by atoms with Crippen LogP contribution in [-0.2, 0) is 0 Å². The number of benzene rings is 1. The number of methoxy groups -OCH3 is 2. The van der Waals surface area contributed by atoms with Crippen molar-refractivity contribution in [2.45, 2.75) is 44.6 Å². The third-order valence-corrected chi connectivity index (χ3v) is 3.85. The Morgan fingerprint density at radius 3 is 2.10 bits per heavy atom. The molecule has 0 bridgehead atoms. The highest BCUT2D eigenvalue weighted by atomic mass is 16.5. The van der Waals surface area contributed by atoms with Gasteiger partial charge in [-0.1, -0.05) is 31.7 Å². The monoisotopic (exact) mass is 277 g/mol. The van der Waals surface area contributed by atoms with Gasteiger partial charge in [0.15, 0.2) is 0 Å². The lowest BCUT2D eigenvalue weighted by molar-refractivity contribution is 0.0927. The third-order valence-electron chi connectivity index (χ3n) is 3.85. The molecule has 1 aliphatic rings. The molecule has 0 aliphatic heterocycles. The number of carbonyl (C=O) groups is 1. The maximum Gasteiger partial charge on any atom is 0.259 e. The smallest absolute Gasteiger partial charge is 0.259 e. The summed E-state index contributed by atoms with van der Waals surface area (Å²) in [5, 5.41) is 3.13. The van der Waals surface area contributed by atoms with Crippen molar-refractivity contribution in [3.63, 3.8) is 0 Å². The van der Waals surface area contributed by atoms with E-state index in [0.29, 0.717) is 17.1 Å². The molecule has 20 heavy (non-hydrogen) atoms. The highest BCUT2D eigenvalue weighted by molar-refractivity contribution is 5.99. The van der Waals surface area contributed by atoms with Gasteiger partial charge in [-0.3, -0.25) is 4.79 Å². The van der Waals surface area contributed by atoms with Crippen molar-refractivity contribution in [2.75, 3.05) is 14.2 Å². The van der Waals surface area contributed by atoms with Gasteiger partial charge < -0.3 is 14.8 Å². The minimum Gasteiger partial charge on any atom is -0.496 e. The molecule has 0 saturated heterocycles. The zero-order valence-electron chi connectivity index (χ0n) is 12.3. The van der Waals surface area contributed by atoms with Gasteiger partial charge >= 0.3 is 0 Å². The number of nitrogens with one attached hydrogen (secondary N) is 1. The van der Waals surface area contributed by atoms with Crippen molar-refractivity contribution < 1.29 is 14.3 Å². The van der Waals surface area contributed by atoms with Gasteiger partial charge in [0, 0.05) is 6.04 Å². The van der Waals surface area contributed by atoms with Gasteiger partial charge in [0.05, 0.1) is 14.2 Å². The second-order valence-corrected chi connectivity index (χ2v) is 5.20. The summed E-state index contributed by atoms with van der Waals surface area (Å²) in [7, 11) is 3.13.